The van der Waals surface area contributed by atoms with Crippen LogP contribution in [-0.2, 0) is 25.5 Å². The van der Waals surface area contributed by atoms with E-state index in [0.29, 0.717) is 5.82 Å². The number of H-pyrrole nitrogens is 1. The topological polar surface area (TPSA) is 309 Å². The summed E-state index contributed by atoms with van der Waals surface area (Å²) in [6.45, 7) is 7.19. The highest BCUT2D eigenvalue weighted by atomic mass is 35.5. The van der Waals surface area contributed by atoms with Crippen molar-refractivity contribution in [3.05, 3.63) is 138 Å². The standard InChI is InChI=1S/C19H18N6O5.C11H13ClN4O.C8H6N2O4/c1-10-3-5-12(6-4-10)13(26)7-25-22-14(21-23-25)8-24-9-20-17-16(18(24)27)15(19(28)29)11(2)30-17;1-8-2-4-9(5-3-8)10(17)7-16-14-11(6-12)13-15-16;1-3-4(8(12)13)5-6(11)9-2-10-7(5)14-3/h3-6,9,13,26H,7-8H2,1-2H3,(H,28,29);2-5,10,17H,6-7H2,1H3;2H,1H3,(H,12,13)(H,9,10,11)/t13-;10-;/m00./s1. The second-order valence-corrected chi connectivity index (χ2v) is 13.7. The van der Waals surface area contributed by atoms with E-state index in [9.17, 15) is 34.5 Å². The Bertz CT molecular complexity index is 2930. The second kappa shape index (κ2) is 18.7. The van der Waals surface area contributed by atoms with Crippen LogP contribution in [0.1, 0.15) is 78.3 Å². The van der Waals surface area contributed by atoms with E-state index in [1.165, 1.54) is 40.7 Å². The van der Waals surface area contributed by atoms with Crippen molar-refractivity contribution in [2.75, 3.05) is 0 Å². The molecule has 0 aliphatic heterocycles. The van der Waals surface area contributed by atoms with E-state index in [0.717, 1.165) is 22.3 Å². The highest BCUT2D eigenvalue weighted by molar-refractivity contribution is 6.16. The number of tetrazole rings is 2. The number of carboxylic acids is 2. The number of aliphatic hydroxyl groups excluding tert-OH is 2. The first-order chi connectivity index (χ1) is 29.1. The van der Waals surface area contributed by atoms with Gasteiger partial charge in [-0.15, -0.1) is 32.0 Å². The van der Waals surface area contributed by atoms with Gasteiger partial charge in [-0.2, -0.15) is 9.59 Å². The van der Waals surface area contributed by atoms with Crippen molar-refractivity contribution in [2.24, 2.45) is 0 Å². The molecule has 23 heteroatoms. The highest BCUT2D eigenvalue weighted by Gasteiger charge is 2.23. The summed E-state index contributed by atoms with van der Waals surface area (Å²) in [5, 5.41) is 61.9. The predicted octanol–water partition coefficient (Wildman–Crippen LogP) is 3.05. The Kier molecular flexibility index (Phi) is 13.2. The molecule has 8 rings (SSSR count). The zero-order valence-corrected chi connectivity index (χ0v) is 33.5. The zero-order chi connectivity index (χ0) is 44.0. The van der Waals surface area contributed by atoms with Crippen LogP contribution >= 0.6 is 11.6 Å². The lowest BCUT2D eigenvalue weighted by molar-refractivity contribution is 0.0685. The van der Waals surface area contributed by atoms with Gasteiger partial charge in [0.2, 0.25) is 11.4 Å². The number of aromatic nitrogens is 12. The quantitative estimate of drug-likeness (QED) is 0.117. The fraction of sp³-hybridized carbons (Fsp3) is 0.263. The van der Waals surface area contributed by atoms with Crippen LogP contribution in [0.5, 0.6) is 0 Å². The molecule has 0 unspecified atom stereocenters. The Balaban J connectivity index is 0.000000169. The molecule has 0 saturated heterocycles. The van der Waals surface area contributed by atoms with Crippen molar-refractivity contribution < 1.29 is 38.8 Å². The van der Waals surface area contributed by atoms with Crippen molar-refractivity contribution >= 4 is 45.7 Å². The summed E-state index contributed by atoms with van der Waals surface area (Å²) in [6.07, 6.45) is 0.939. The lowest BCUT2D eigenvalue weighted by atomic mass is 10.1. The Hall–Kier alpha value is -7.43. The van der Waals surface area contributed by atoms with E-state index in [4.69, 9.17) is 25.5 Å². The van der Waals surface area contributed by atoms with Gasteiger partial charge in [0.05, 0.1) is 31.8 Å². The molecule has 61 heavy (non-hydrogen) atoms. The molecule has 0 saturated carbocycles. The maximum atomic E-state index is 12.7. The van der Waals surface area contributed by atoms with E-state index in [-0.39, 0.29) is 76.2 Å². The van der Waals surface area contributed by atoms with Crippen LogP contribution in [0.15, 0.2) is 79.6 Å². The maximum Gasteiger partial charge on any atom is 0.340 e. The lowest BCUT2D eigenvalue weighted by Crippen LogP contribution is -2.22. The minimum atomic E-state index is -1.27. The number of furan rings is 2. The molecule has 5 N–H and O–H groups in total. The molecule has 22 nitrogen and oxygen atoms in total. The molecule has 8 aromatic rings. The normalized spacial score (nSPS) is 12.0. The van der Waals surface area contributed by atoms with E-state index >= 15 is 0 Å². The number of aromatic amines is 1. The number of carboxylic acid groups (broad SMARTS) is 2. The summed E-state index contributed by atoms with van der Waals surface area (Å²) in [4.78, 5) is 58.9. The number of benzene rings is 2. The van der Waals surface area contributed by atoms with Gasteiger partial charge in [0.15, 0.2) is 11.6 Å². The third-order valence-electron chi connectivity index (χ3n) is 8.97. The molecule has 316 valence electrons. The third kappa shape index (κ3) is 10.1. The van der Waals surface area contributed by atoms with Crippen LogP contribution in [0.3, 0.4) is 0 Å². The molecular weight excluding hydrogens is 820 g/mol. The summed E-state index contributed by atoms with van der Waals surface area (Å²) in [6, 6.07) is 15.1. The monoisotopic (exact) mass is 856 g/mol. The third-order valence-corrected chi connectivity index (χ3v) is 9.21. The average molecular weight is 857 g/mol. The smallest absolute Gasteiger partial charge is 0.340 e. The molecule has 0 spiro atoms. The fourth-order valence-electron chi connectivity index (χ4n) is 5.89. The molecule has 6 heterocycles. The highest BCUT2D eigenvalue weighted by Crippen LogP contribution is 2.22. The SMILES string of the molecule is Cc1ccc([C@@H](O)Cn2nnc(CCl)n2)cc1.Cc1ccc([C@@H](O)Cn2nnc(Cn3cnc4oc(C)c(C(=O)O)c4c3=O)n2)cc1.Cc1oc2nc[nH]c(=O)c2c1C(=O)O. The molecule has 0 amide bonds. The lowest BCUT2D eigenvalue weighted by Gasteiger charge is -2.09. The molecule has 2 aromatic carbocycles. The summed E-state index contributed by atoms with van der Waals surface area (Å²) >= 11 is 5.57. The molecular formula is C38H37ClN12O10. The second-order valence-electron chi connectivity index (χ2n) is 13.5. The summed E-state index contributed by atoms with van der Waals surface area (Å²) in [7, 11) is 0. The summed E-state index contributed by atoms with van der Waals surface area (Å²) in [5.74, 6) is -1.28. The molecule has 0 bridgehead atoms. The van der Waals surface area contributed by atoms with Crippen LogP contribution in [-0.4, -0.2) is 92.3 Å². The number of alkyl halides is 1. The Morgan fingerprint density at radius 1 is 0.721 bits per heavy atom. The van der Waals surface area contributed by atoms with Crippen LogP contribution < -0.4 is 11.1 Å². The molecule has 0 radical (unpaired) electrons. The first-order valence-corrected chi connectivity index (χ1v) is 18.7. The molecule has 6 aromatic heterocycles. The number of hydrogen-bond donors (Lipinski definition) is 5. The number of fused-ring (bicyclic) bond motifs is 2. The van der Waals surface area contributed by atoms with E-state index in [2.05, 4.69) is 45.8 Å². The predicted molar refractivity (Wildman–Crippen MR) is 213 cm³/mol. The number of hydrogen-bond acceptors (Lipinski definition) is 16. The molecule has 2 atom stereocenters. The van der Waals surface area contributed by atoms with Gasteiger partial charge in [0, 0.05) is 0 Å². The first kappa shape index (κ1) is 43.2. The van der Waals surface area contributed by atoms with Gasteiger partial charge in [-0.3, -0.25) is 14.2 Å². The Morgan fingerprint density at radius 2 is 1.20 bits per heavy atom. The largest absolute Gasteiger partial charge is 0.478 e. The number of rotatable bonds is 11. The van der Waals surface area contributed by atoms with Crippen LogP contribution in [0.4, 0.5) is 0 Å². The van der Waals surface area contributed by atoms with Gasteiger partial charge in [-0.25, -0.2) is 19.6 Å². The fourth-order valence-corrected chi connectivity index (χ4v) is 6.00. The summed E-state index contributed by atoms with van der Waals surface area (Å²) in [5.41, 5.74) is 2.37. The number of carbonyl (C=O) groups is 2. The minimum absolute atomic E-state index is 0.0162. The van der Waals surface area contributed by atoms with E-state index in [1.54, 1.807) is 0 Å². The maximum absolute atomic E-state index is 12.7. The minimum Gasteiger partial charge on any atom is -0.478 e. The van der Waals surface area contributed by atoms with Crippen molar-refractivity contribution in [3.63, 3.8) is 0 Å². The number of aliphatic hydroxyl groups is 2. The van der Waals surface area contributed by atoms with Crippen LogP contribution in [0.25, 0.3) is 22.2 Å². The molecule has 0 aliphatic carbocycles. The summed E-state index contributed by atoms with van der Waals surface area (Å²) < 4.78 is 11.5. The first-order valence-electron chi connectivity index (χ1n) is 18.1. The number of aromatic carboxylic acids is 2. The number of aryl methyl sites for hydroxylation is 4. The van der Waals surface area contributed by atoms with E-state index in [1.807, 2.05) is 62.4 Å². The Morgan fingerprint density at radius 3 is 1.69 bits per heavy atom. The van der Waals surface area contributed by atoms with Gasteiger partial charge >= 0.3 is 11.9 Å². The van der Waals surface area contributed by atoms with Crippen molar-refractivity contribution in [1.82, 2.24) is 59.9 Å². The Labute approximate surface area is 347 Å². The zero-order valence-electron chi connectivity index (χ0n) is 32.8. The van der Waals surface area contributed by atoms with Crippen molar-refractivity contribution in [2.45, 2.75) is 65.4 Å². The number of nitrogens with zero attached hydrogens (tertiary/aromatic N) is 11. The van der Waals surface area contributed by atoms with Gasteiger partial charge in [-0.05, 0) is 49.2 Å². The van der Waals surface area contributed by atoms with Gasteiger partial charge in [0.25, 0.3) is 11.1 Å². The number of halogens is 1. The molecule has 0 aliphatic rings. The number of nitrogens with one attached hydrogen (secondary N) is 1. The van der Waals surface area contributed by atoms with Crippen LogP contribution in [0, 0.1) is 27.7 Å². The van der Waals surface area contributed by atoms with Gasteiger partial charge < -0.3 is 34.2 Å². The molecule has 0 fully saturated rings. The van der Waals surface area contributed by atoms with Crippen molar-refractivity contribution in [1.29, 1.82) is 0 Å². The van der Waals surface area contributed by atoms with Crippen molar-refractivity contribution in [3.8, 4) is 0 Å². The van der Waals surface area contributed by atoms with E-state index < -0.39 is 35.3 Å². The average Bonchev–Trinajstić information content (AvgIpc) is 4.02. The van der Waals surface area contributed by atoms with Crippen LogP contribution in [0.2, 0.25) is 0 Å². The van der Waals surface area contributed by atoms with Gasteiger partial charge in [0.1, 0.15) is 52.0 Å². The van der Waals surface area contributed by atoms with Gasteiger partial charge in [-0.1, -0.05) is 59.7 Å².